The fourth-order valence-corrected chi connectivity index (χ4v) is 1.85. The second kappa shape index (κ2) is 5.38. The van der Waals surface area contributed by atoms with Gasteiger partial charge in [-0.1, -0.05) is 6.07 Å². The van der Waals surface area contributed by atoms with Gasteiger partial charge < -0.3 is 11.1 Å². The SMILES string of the molecule is Cn1cc(CCNc2cccc(N)c2[N+](=O)[O-])cn1. The molecule has 0 saturated heterocycles. The van der Waals surface area contributed by atoms with Gasteiger partial charge in [0.15, 0.2) is 0 Å². The van der Waals surface area contributed by atoms with E-state index in [9.17, 15) is 10.1 Å². The fraction of sp³-hybridized carbons (Fsp3) is 0.250. The molecular formula is C12H15N5O2. The van der Waals surface area contributed by atoms with Crippen LogP contribution in [0.5, 0.6) is 0 Å². The van der Waals surface area contributed by atoms with E-state index in [1.807, 2.05) is 13.2 Å². The summed E-state index contributed by atoms with van der Waals surface area (Å²) in [5, 5.41) is 18.0. The van der Waals surface area contributed by atoms with Gasteiger partial charge in [0.2, 0.25) is 0 Å². The molecule has 0 atom stereocenters. The van der Waals surface area contributed by atoms with Crippen molar-refractivity contribution in [2.45, 2.75) is 6.42 Å². The van der Waals surface area contributed by atoms with E-state index >= 15 is 0 Å². The van der Waals surface area contributed by atoms with Gasteiger partial charge in [-0.3, -0.25) is 14.8 Å². The second-order valence-corrected chi connectivity index (χ2v) is 4.20. The number of hydrogen-bond acceptors (Lipinski definition) is 5. The summed E-state index contributed by atoms with van der Waals surface area (Å²) in [4.78, 5) is 10.5. The largest absolute Gasteiger partial charge is 0.393 e. The highest BCUT2D eigenvalue weighted by Gasteiger charge is 2.16. The van der Waals surface area contributed by atoms with E-state index < -0.39 is 4.92 Å². The standard InChI is InChI=1S/C12H15N5O2/c1-16-8-9(7-15-16)5-6-14-11-4-2-3-10(13)12(11)17(18)19/h2-4,7-8,14H,5-6,13H2,1H3. The van der Waals surface area contributed by atoms with Gasteiger partial charge in [0, 0.05) is 19.8 Å². The number of nitrogens with zero attached hydrogens (tertiary/aromatic N) is 3. The van der Waals surface area contributed by atoms with E-state index in [0.29, 0.717) is 12.2 Å². The molecule has 2 aromatic rings. The lowest BCUT2D eigenvalue weighted by atomic mass is 10.2. The molecule has 0 amide bonds. The molecule has 100 valence electrons. The predicted molar refractivity (Wildman–Crippen MR) is 72.9 cm³/mol. The maximum atomic E-state index is 11.0. The third-order valence-corrected chi connectivity index (χ3v) is 2.74. The van der Waals surface area contributed by atoms with Gasteiger partial charge in [-0.15, -0.1) is 0 Å². The first-order valence-corrected chi connectivity index (χ1v) is 5.82. The van der Waals surface area contributed by atoms with Crippen molar-refractivity contribution >= 4 is 17.1 Å². The average molecular weight is 261 g/mol. The Kier molecular flexibility index (Phi) is 3.65. The van der Waals surface area contributed by atoms with Crippen LogP contribution in [0.3, 0.4) is 0 Å². The Morgan fingerprint density at radius 1 is 1.53 bits per heavy atom. The number of rotatable bonds is 5. The summed E-state index contributed by atoms with van der Waals surface area (Å²) < 4.78 is 1.72. The van der Waals surface area contributed by atoms with Crippen LogP contribution < -0.4 is 11.1 Å². The molecule has 7 heteroatoms. The Morgan fingerprint density at radius 2 is 2.32 bits per heavy atom. The summed E-state index contributed by atoms with van der Waals surface area (Å²) in [7, 11) is 1.85. The van der Waals surface area contributed by atoms with E-state index in [4.69, 9.17) is 5.73 Å². The van der Waals surface area contributed by atoms with E-state index in [1.54, 1.807) is 23.0 Å². The first kappa shape index (κ1) is 12.9. The summed E-state index contributed by atoms with van der Waals surface area (Å²) in [6, 6.07) is 4.86. The first-order chi connectivity index (χ1) is 9.08. The zero-order chi connectivity index (χ0) is 13.8. The van der Waals surface area contributed by atoms with Crippen molar-refractivity contribution in [3.63, 3.8) is 0 Å². The lowest BCUT2D eigenvalue weighted by Crippen LogP contribution is -2.07. The molecule has 0 aliphatic rings. The topological polar surface area (TPSA) is 99.0 Å². The Bertz CT molecular complexity index is 594. The van der Waals surface area contributed by atoms with Gasteiger partial charge in [-0.2, -0.15) is 5.10 Å². The minimum atomic E-state index is -0.470. The van der Waals surface area contributed by atoms with Crippen LogP contribution in [0.15, 0.2) is 30.6 Å². The Hall–Kier alpha value is -2.57. The first-order valence-electron chi connectivity index (χ1n) is 5.82. The van der Waals surface area contributed by atoms with Crippen molar-refractivity contribution in [2.24, 2.45) is 7.05 Å². The zero-order valence-corrected chi connectivity index (χ0v) is 10.5. The number of para-hydroxylation sites is 1. The maximum absolute atomic E-state index is 11.0. The van der Waals surface area contributed by atoms with Crippen LogP contribution in [0.1, 0.15) is 5.56 Å². The minimum absolute atomic E-state index is 0.0753. The van der Waals surface area contributed by atoms with Crippen LogP contribution in [0.2, 0.25) is 0 Å². The maximum Gasteiger partial charge on any atom is 0.314 e. The Morgan fingerprint density at radius 3 is 2.95 bits per heavy atom. The number of nitrogen functional groups attached to an aromatic ring is 1. The lowest BCUT2D eigenvalue weighted by Gasteiger charge is -2.07. The molecule has 0 unspecified atom stereocenters. The van der Waals surface area contributed by atoms with Crippen molar-refractivity contribution < 1.29 is 4.92 Å². The molecule has 1 aromatic heterocycles. The minimum Gasteiger partial charge on any atom is -0.393 e. The third kappa shape index (κ3) is 3.01. The number of aryl methyl sites for hydroxylation is 1. The number of nitrogens with two attached hydrogens (primary N) is 1. The molecule has 3 N–H and O–H groups in total. The van der Waals surface area contributed by atoms with Gasteiger partial charge in [0.25, 0.3) is 0 Å². The summed E-state index contributed by atoms with van der Waals surface area (Å²) in [6.45, 7) is 0.579. The Labute approximate surface area is 110 Å². The fourth-order valence-electron chi connectivity index (χ4n) is 1.85. The van der Waals surface area contributed by atoms with E-state index in [-0.39, 0.29) is 11.4 Å². The van der Waals surface area contributed by atoms with Crippen molar-refractivity contribution in [3.8, 4) is 0 Å². The van der Waals surface area contributed by atoms with Gasteiger partial charge in [0.1, 0.15) is 11.4 Å². The quantitative estimate of drug-likeness (QED) is 0.483. The van der Waals surface area contributed by atoms with E-state index in [1.165, 1.54) is 6.07 Å². The molecule has 1 aromatic carbocycles. The van der Waals surface area contributed by atoms with Crippen LogP contribution in [0.25, 0.3) is 0 Å². The van der Waals surface area contributed by atoms with Gasteiger partial charge in [-0.25, -0.2) is 0 Å². The van der Waals surface area contributed by atoms with Gasteiger partial charge >= 0.3 is 5.69 Å². The molecule has 0 bridgehead atoms. The number of hydrogen-bond donors (Lipinski definition) is 2. The van der Waals surface area contributed by atoms with Crippen LogP contribution in [0.4, 0.5) is 17.1 Å². The molecule has 0 aliphatic heterocycles. The number of nitro benzene ring substituents is 1. The molecule has 0 fully saturated rings. The Balaban J connectivity index is 2.03. The van der Waals surface area contributed by atoms with Crippen molar-refractivity contribution in [3.05, 3.63) is 46.3 Å². The van der Waals surface area contributed by atoms with E-state index in [2.05, 4.69) is 10.4 Å². The monoisotopic (exact) mass is 261 g/mol. The highest BCUT2D eigenvalue weighted by atomic mass is 16.6. The van der Waals surface area contributed by atoms with Crippen LogP contribution in [-0.4, -0.2) is 21.2 Å². The normalized spacial score (nSPS) is 10.4. The lowest BCUT2D eigenvalue weighted by molar-refractivity contribution is -0.383. The molecule has 19 heavy (non-hydrogen) atoms. The zero-order valence-electron chi connectivity index (χ0n) is 10.5. The summed E-state index contributed by atoms with van der Waals surface area (Å²) in [6.07, 6.45) is 4.42. The average Bonchev–Trinajstić information content (AvgIpc) is 2.74. The van der Waals surface area contributed by atoms with E-state index in [0.717, 1.165) is 12.0 Å². The van der Waals surface area contributed by atoms with Gasteiger partial charge in [-0.05, 0) is 24.1 Å². The molecule has 0 saturated carbocycles. The van der Waals surface area contributed by atoms with Gasteiger partial charge in [0.05, 0.1) is 11.1 Å². The molecule has 7 nitrogen and oxygen atoms in total. The van der Waals surface area contributed by atoms with Crippen LogP contribution in [0, 0.1) is 10.1 Å². The summed E-state index contributed by atoms with van der Waals surface area (Å²) in [5.74, 6) is 0. The van der Waals surface area contributed by atoms with Crippen LogP contribution in [-0.2, 0) is 13.5 Å². The number of nitro groups is 1. The van der Waals surface area contributed by atoms with Crippen molar-refractivity contribution in [1.82, 2.24) is 9.78 Å². The molecule has 0 aliphatic carbocycles. The third-order valence-electron chi connectivity index (χ3n) is 2.74. The van der Waals surface area contributed by atoms with Crippen molar-refractivity contribution in [1.29, 1.82) is 0 Å². The molecule has 2 rings (SSSR count). The van der Waals surface area contributed by atoms with Crippen LogP contribution >= 0.6 is 0 Å². The number of benzene rings is 1. The molecule has 0 spiro atoms. The number of nitrogens with one attached hydrogen (secondary N) is 1. The number of aromatic nitrogens is 2. The highest BCUT2D eigenvalue weighted by Crippen LogP contribution is 2.30. The molecule has 1 heterocycles. The molecular weight excluding hydrogens is 246 g/mol. The summed E-state index contributed by atoms with van der Waals surface area (Å²) in [5.41, 5.74) is 7.21. The predicted octanol–water partition coefficient (Wildman–Crippen LogP) is 1.57. The second-order valence-electron chi connectivity index (χ2n) is 4.20. The number of anilines is 2. The smallest absolute Gasteiger partial charge is 0.314 e. The van der Waals surface area contributed by atoms with Crippen molar-refractivity contribution in [2.75, 3.05) is 17.6 Å². The highest BCUT2D eigenvalue weighted by molar-refractivity contribution is 5.74. The molecule has 0 radical (unpaired) electrons. The summed E-state index contributed by atoms with van der Waals surface area (Å²) >= 11 is 0.